The summed E-state index contributed by atoms with van der Waals surface area (Å²) in [5.41, 5.74) is 1.79. The van der Waals surface area contributed by atoms with Gasteiger partial charge in [-0.2, -0.15) is 0 Å². The highest BCUT2D eigenvalue weighted by Gasteiger charge is 2.17. The second kappa shape index (κ2) is 20.1. The molecule has 2 aromatic carbocycles. The molecule has 0 fully saturated rings. The number of ether oxygens (including phenoxy) is 2. The van der Waals surface area contributed by atoms with Crippen LogP contribution in [0.2, 0.25) is 0 Å². The van der Waals surface area contributed by atoms with E-state index in [1.165, 1.54) is 0 Å². The summed E-state index contributed by atoms with van der Waals surface area (Å²) in [4.78, 5) is 48.3. The largest absolute Gasteiger partial charge is 0.459 e. The van der Waals surface area contributed by atoms with Crippen LogP contribution < -0.4 is 16.0 Å². The van der Waals surface area contributed by atoms with E-state index in [1.54, 1.807) is 13.8 Å². The fourth-order valence-electron chi connectivity index (χ4n) is 4.07. The molecule has 3 N–H and O–H groups in total. The maximum absolute atomic E-state index is 12.2. The van der Waals surface area contributed by atoms with Crippen LogP contribution >= 0.6 is 0 Å². The van der Waals surface area contributed by atoms with Crippen LogP contribution in [0.15, 0.2) is 60.7 Å². The van der Waals surface area contributed by atoms with Crippen LogP contribution in [0, 0.1) is 0 Å². The van der Waals surface area contributed by atoms with Gasteiger partial charge >= 0.3 is 12.1 Å². The molecule has 2 atom stereocenters. The Morgan fingerprint density at radius 3 is 1.73 bits per heavy atom. The predicted octanol–water partition coefficient (Wildman–Crippen LogP) is 5.18. The zero-order valence-electron chi connectivity index (χ0n) is 24.4. The van der Waals surface area contributed by atoms with Crippen LogP contribution in [-0.2, 0) is 37.1 Å². The molecule has 0 radical (unpaired) electrons. The van der Waals surface area contributed by atoms with Crippen LogP contribution in [0.5, 0.6) is 0 Å². The maximum Gasteiger partial charge on any atom is 0.408 e. The molecule has 0 bridgehead atoms. The summed E-state index contributed by atoms with van der Waals surface area (Å²) in [6.45, 7) is 4.18. The van der Waals surface area contributed by atoms with Crippen LogP contribution in [0.25, 0.3) is 0 Å². The van der Waals surface area contributed by atoms with Gasteiger partial charge in [0.15, 0.2) is 0 Å². The van der Waals surface area contributed by atoms with Gasteiger partial charge in [0.05, 0.1) is 0 Å². The molecule has 41 heavy (non-hydrogen) atoms. The molecule has 9 heteroatoms. The standard InChI is InChI=1S/C32H45N3O6/c1-25(35-32(39)41-24-28-19-13-10-14-20-28)30(37)33-22-16-8-6-4-3-5-7-15-21-29(36)34-26(2)31(38)40-23-27-17-11-9-12-18-27/h9-14,17-20,25-26H,3-8,15-16,21-24H2,1-2H3,(H,33,37)(H,34,36)(H,35,39)/t25-,26-/m0/s1. The van der Waals surface area contributed by atoms with Gasteiger partial charge in [-0.25, -0.2) is 9.59 Å². The molecule has 9 nitrogen and oxygen atoms in total. The SMILES string of the molecule is C[C@H](NC(=O)OCc1ccccc1)C(=O)NCCCCCCCCCCC(=O)N[C@@H](C)C(=O)OCc1ccccc1. The van der Waals surface area contributed by atoms with E-state index in [-0.39, 0.29) is 25.0 Å². The van der Waals surface area contributed by atoms with E-state index in [0.29, 0.717) is 13.0 Å². The van der Waals surface area contributed by atoms with Gasteiger partial charge in [0.25, 0.3) is 0 Å². The fraction of sp³-hybridized carbons (Fsp3) is 0.500. The van der Waals surface area contributed by atoms with Gasteiger partial charge in [-0.1, -0.05) is 99.2 Å². The number of alkyl carbamates (subject to hydrolysis) is 1. The van der Waals surface area contributed by atoms with E-state index in [9.17, 15) is 19.2 Å². The molecule has 0 saturated carbocycles. The van der Waals surface area contributed by atoms with Crippen LogP contribution in [-0.4, -0.2) is 42.5 Å². The van der Waals surface area contributed by atoms with E-state index in [0.717, 1.165) is 62.5 Å². The highest BCUT2D eigenvalue weighted by Crippen LogP contribution is 2.10. The van der Waals surface area contributed by atoms with Crippen molar-refractivity contribution in [3.05, 3.63) is 71.8 Å². The second-order valence-corrected chi connectivity index (χ2v) is 10.2. The average molecular weight is 568 g/mol. The average Bonchev–Trinajstić information content (AvgIpc) is 2.98. The summed E-state index contributed by atoms with van der Waals surface area (Å²) < 4.78 is 10.4. The van der Waals surface area contributed by atoms with Crippen molar-refractivity contribution in [1.82, 2.24) is 16.0 Å². The van der Waals surface area contributed by atoms with E-state index in [1.807, 2.05) is 60.7 Å². The van der Waals surface area contributed by atoms with E-state index in [4.69, 9.17) is 9.47 Å². The lowest BCUT2D eigenvalue weighted by molar-refractivity contribution is -0.148. The molecule has 0 aromatic heterocycles. The molecule has 3 amide bonds. The Morgan fingerprint density at radius 2 is 1.15 bits per heavy atom. The van der Waals surface area contributed by atoms with Crippen molar-refractivity contribution in [2.75, 3.05) is 6.54 Å². The summed E-state index contributed by atoms with van der Waals surface area (Å²) in [6, 6.07) is 17.5. The minimum Gasteiger partial charge on any atom is -0.459 e. The lowest BCUT2D eigenvalue weighted by atomic mass is 10.1. The van der Waals surface area contributed by atoms with Crippen molar-refractivity contribution >= 4 is 23.9 Å². The first-order valence-electron chi connectivity index (χ1n) is 14.6. The molecular formula is C32H45N3O6. The number of amides is 3. The number of carbonyl (C=O) groups excluding carboxylic acids is 4. The van der Waals surface area contributed by atoms with E-state index >= 15 is 0 Å². The zero-order chi connectivity index (χ0) is 29.7. The van der Waals surface area contributed by atoms with Gasteiger partial charge in [0, 0.05) is 13.0 Å². The van der Waals surface area contributed by atoms with Gasteiger partial charge in [-0.3, -0.25) is 9.59 Å². The van der Waals surface area contributed by atoms with Gasteiger partial charge < -0.3 is 25.4 Å². The minimum absolute atomic E-state index is 0.134. The third kappa shape index (κ3) is 15.5. The highest BCUT2D eigenvalue weighted by atomic mass is 16.5. The van der Waals surface area contributed by atoms with Crippen molar-refractivity contribution < 1.29 is 28.7 Å². The minimum atomic E-state index is -0.670. The van der Waals surface area contributed by atoms with Gasteiger partial charge in [-0.15, -0.1) is 0 Å². The van der Waals surface area contributed by atoms with Crippen molar-refractivity contribution in [3.63, 3.8) is 0 Å². The van der Waals surface area contributed by atoms with Crippen LogP contribution in [0.1, 0.15) is 82.8 Å². The summed E-state index contributed by atoms with van der Waals surface area (Å²) in [5, 5.41) is 8.11. The molecule has 0 saturated heterocycles. The van der Waals surface area contributed by atoms with Gasteiger partial charge in [-0.05, 0) is 37.8 Å². The molecule has 0 aliphatic heterocycles. The number of nitrogens with one attached hydrogen (secondary N) is 3. The number of hydrogen-bond donors (Lipinski definition) is 3. The Hall–Kier alpha value is -3.88. The fourth-order valence-corrected chi connectivity index (χ4v) is 4.07. The molecule has 0 aliphatic carbocycles. The number of hydrogen-bond acceptors (Lipinski definition) is 6. The number of esters is 1. The molecular weight excluding hydrogens is 522 g/mol. The Labute approximate surface area is 243 Å². The predicted molar refractivity (Wildman–Crippen MR) is 158 cm³/mol. The molecule has 2 aromatic rings. The zero-order valence-corrected chi connectivity index (χ0v) is 24.4. The molecule has 0 aliphatic rings. The van der Waals surface area contributed by atoms with Crippen molar-refractivity contribution in [3.8, 4) is 0 Å². The van der Waals surface area contributed by atoms with Gasteiger partial charge in [0.2, 0.25) is 11.8 Å². The molecule has 2 rings (SSSR count). The smallest absolute Gasteiger partial charge is 0.408 e. The normalized spacial score (nSPS) is 12.0. The van der Waals surface area contributed by atoms with Crippen LogP contribution in [0.3, 0.4) is 0 Å². The Balaban J connectivity index is 1.39. The molecule has 0 unspecified atom stereocenters. The number of rotatable bonds is 19. The number of benzene rings is 2. The van der Waals surface area contributed by atoms with Crippen molar-refractivity contribution in [2.24, 2.45) is 0 Å². The van der Waals surface area contributed by atoms with Crippen LogP contribution in [0.4, 0.5) is 4.79 Å². The third-order valence-corrected chi connectivity index (χ3v) is 6.53. The maximum atomic E-state index is 12.2. The number of carbonyl (C=O) groups is 4. The molecule has 224 valence electrons. The lowest BCUT2D eigenvalue weighted by Crippen LogP contribution is -2.45. The van der Waals surface area contributed by atoms with Gasteiger partial charge in [0.1, 0.15) is 25.3 Å². The molecule has 0 heterocycles. The first kappa shape index (κ1) is 33.3. The number of unbranched alkanes of at least 4 members (excludes halogenated alkanes) is 7. The monoisotopic (exact) mass is 567 g/mol. The van der Waals surface area contributed by atoms with Crippen molar-refractivity contribution in [2.45, 2.75) is 96.9 Å². The Morgan fingerprint density at radius 1 is 0.634 bits per heavy atom. The van der Waals surface area contributed by atoms with E-state index in [2.05, 4.69) is 16.0 Å². The topological polar surface area (TPSA) is 123 Å². The Kier molecular flexibility index (Phi) is 16.3. The summed E-state index contributed by atoms with van der Waals surface area (Å²) in [7, 11) is 0. The highest BCUT2D eigenvalue weighted by molar-refractivity contribution is 5.85. The molecule has 0 spiro atoms. The summed E-state index contributed by atoms with van der Waals surface area (Å²) in [5.74, 6) is -0.804. The second-order valence-electron chi connectivity index (χ2n) is 10.2. The lowest BCUT2D eigenvalue weighted by Gasteiger charge is -2.14. The summed E-state index contributed by atoms with van der Waals surface area (Å²) in [6.07, 6.45) is 7.77. The Bertz CT molecular complexity index is 1050. The van der Waals surface area contributed by atoms with Crippen molar-refractivity contribution in [1.29, 1.82) is 0 Å². The summed E-state index contributed by atoms with van der Waals surface area (Å²) >= 11 is 0. The quantitative estimate of drug-likeness (QED) is 0.159. The first-order chi connectivity index (χ1) is 19.8. The van der Waals surface area contributed by atoms with E-state index < -0.39 is 24.1 Å². The third-order valence-electron chi connectivity index (χ3n) is 6.53. The first-order valence-corrected chi connectivity index (χ1v) is 14.6.